The highest BCUT2D eigenvalue weighted by Crippen LogP contribution is 2.35. The lowest BCUT2D eigenvalue weighted by Crippen LogP contribution is -2.43. The summed E-state index contributed by atoms with van der Waals surface area (Å²) in [5.74, 6) is 0.921. The Balaban J connectivity index is 1.89. The van der Waals surface area contributed by atoms with Gasteiger partial charge in [0.05, 0.1) is 13.2 Å². The molecule has 1 fully saturated rings. The molecular weight excluding hydrogens is 238 g/mol. The average molecular weight is 263 g/mol. The summed E-state index contributed by atoms with van der Waals surface area (Å²) >= 11 is 0. The predicted molar refractivity (Wildman–Crippen MR) is 77.3 cm³/mol. The van der Waals surface area contributed by atoms with E-state index in [9.17, 15) is 5.11 Å². The van der Waals surface area contributed by atoms with Gasteiger partial charge in [0, 0.05) is 24.1 Å². The van der Waals surface area contributed by atoms with Gasteiger partial charge in [-0.25, -0.2) is 0 Å². The fourth-order valence-electron chi connectivity index (χ4n) is 2.92. The number of aliphatic hydroxyl groups is 1. The van der Waals surface area contributed by atoms with Gasteiger partial charge in [-0.3, -0.25) is 0 Å². The van der Waals surface area contributed by atoms with E-state index in [1.807, 2.05) is 18.2 Å². The van der Waals surface area contributed by atoms with Crippen molar-refractivity contribution in [1.82, 2.24) is 5.32 Å². The van der Waals surface area contributed by atoms with Gasteiger partial charge in [-0.2, -0.15) is 0 Å². The van der Waals surface area contributed by atoms with Gasteiger partial charge in [0.25, 0.3) is 0 Å². The first-order valence-corrected chi connectivity index (χ1v) is 7.16. The van der Waals surface area contributed by atoms with Crippen molar-refractivity contribution >= 4 is 0 Å². The minimum atomic E-state index is -0.175. The Bertz CT molecular complexity index is 407. The monoisotopic (exact) mass is 263 g/mol. The third-order valence-electron chi connectivity index (χ3n) is 4.32. The van der Waals surface area contributed by atoms with Crippen molar-refractivity contribution in [2.45, 2.75) is 45.3 Å². The molecule has 0 aromatic heterocycles. The summed E-state index contributed by atoms with van der Waals surface area (Å²) in [7, 11) is 1.70. The number of benzene rings is 1. The fraction of sp³-hybridized carbons (Fsp3) is 0.625. The highest BCUT2D eigenvalue weighted by atomic mass is 16.5. The minimum absolute atomic E-state index is 0.0142. The molecule has 0 heterocycles. The predicted octanol–water partition coefficient (Wildman–Crippen LogP) is 2.73. The largest absolute Gasteiger partial charge is 0.496 e. The molecule has 1 aromatic carbocycles. The number of ether oxygens (including phenoxy) is 1. The van der Waals surface area contributed by atoms with Crippen LogP contribution in [-0.4, -0.2) is 24.9 Å². The smallest absolute Gasteiger partial charge is 0.123 e. The molecule has 0 bridgehead atoms. The number of hydrogen-bond acceptors (Lipinski definition) is 3. The number of aliphatic hydroxyl groups excluding tert-OH is 1. The van der Waals surface area contributed by atoms with Crippen LogP contribution in [0.3, 0.4) is 0 Å². The molecule has 2 unspecified atom stereocenters. The van der Waals surface area contributed by atoms with Crippen LogP contribution in [0.25, 0.3) is 0 Å². The summed E-state index contributed by atoms with van der Waals surface area (Å²) in [6.07, 6.45) is 4.25. The van der Waals surface area contributed by atoms with Crippen LogP contribution in [0, 0.1) is 5.41 Å². The van der Waals surface area contributed by atoms with Crippen LogP contribution in [0.1, 0.15) is 38.2 Å². The van der Waals surface area contributed by atoms with Crippen molar-refractivity contribution in [2.75, 3.05) is 13.7 Å². The Labute approximate surface area is 116 Å². The molecule has 0 amide bonds. The number of nitrogens with one attached hydrogen (secondary N) is 1. The van der Waals surface area contributed by atoms with E-state index < -0.39 is 0 Å². The highest BCUT2D eigenvalue weighted by Gasteiger charge is 2.34. The quantitative estimate of drug-likeness (QED) is 0.858. The van der Waals surface area contributed by atoms with Gasteiger partial charge < -0.3 is 15.2 Å². The topological polar surface area (TPSA) is 41.5 Å². The van der Waals surface area contributed by atoms with E-state index in [1.165, 1.54) is 12.0 Å². The first-order chi connectivity index (χ1) is 9.15. The van der Waals surface area contributed by atoms with Crippen LogP contribution in [0.2, 0.25) is 0 Å². The second-order valence-corrected chi connectivity index (χ2v) is 5.83. The molecule has 0 saturated heterocycles. The molecule has 0 spiro atoms. The average Bonchev–Trinajstić information content (AvgIpc) is 2.43. The zero-order valence-electron chi connectivity index (χ0n) is 12.0. The zero-order chi connectivity index (χ0) is 13.7. The molecule has 106 valence electrons. The van der Waals surface area contributed by atoms with E-state index >= 15 is 0 Å². The lowest BCUT2D eigenvalue weighted by Gasteiger charge is -2.38. The summed E-state index contributed by atoms with van der Waals surface area (Å²) in [4.78, 5) is 0. The minimum Gasteiger partial charge on any atom is -0.496 e. The van der Waals surface area contributed by atoms with Crippen molar-refractivity contribution < 1.29 is 9.84 Å². The van der Waals surface area contributed by atoms with Crippen molar-refractivity contribution in [3.8, 4) is 5.75 Å². The fourth-order valence-corrected chi connectivity index (χ4v) is 2.92. The van der Waals surface area contributed by atoms with Crippen molar-refractivity contribution in [3.63, 3.8) is 0 Å². The molecule has 2 rings (SSSR count). The van der Waals surface area contributed by atoms with Crippen molar-refractivity contribution in [3.05, 3.63) is 29.8 Å². The second kappa shape index (κ2) is 6.40. The van der Waals surface area contributed by atoms with E-state index in [-0.39, 0.29) is 11.5 Å². The summed E-state index contributed by atoms with van der Waals surface area (Å²) < 4.78 is 5.34. The van der Waals surface area contributed by atoms with E-state index in [1.54, 1.807) is 7.11 Å². The Morgan fingerprint density at radius 3 is 2.89 bits per heavy atom. The molecule has 0 radical (unpaired) electrons. The summed E-state index contributed by atoms with van der Waals surface area (Å²) in [5, 5.41) is 13.6. The molecule has 0 aliphatic heterocycles. The number of rotatable bonds is 5. The maximum atomic E-state index is 10.2. The van der Waals surface area contributed by atoms with E-state index in [0.29, 0.717) is 0 Å². The van der Waals surface area contributed by atoms with Crippen LogP contribution in [-0.2, 0) is 6.54 Å². The molecule has 3 heteroatoms. The van der Waals surface area contributed by atoms with Crippen LogP contribution in [0.5, 0.6) is 5.75 Å². The zero-order valence-corrected chi connectivity index (χ0v) is 12.0. The Kier molecular flexibility index (Phi) is 4.83. The standard InChI is InChI=1S/C16H25NO2/c1-16(10-6-5-9-15(16)18)12-17-11-13-7-3-4-8-14(13)19-2/h3-4,7-8,15,17-18H,5-6,9-12H2,1-2H3. The first-order valence-electron chi connectivity index (χ1n) is 7.16. The lowest BCUT2D eigenvalue weighted by molar-refractivity contribution is 0.00113. The van der Waals surface area contributed by atoms with Crippen molar-refractivity contribution in [2.24, 2.45) is 5.41 Å². The van der Waals surface area contributed by atoms with Gasteiger partial charge >= 0.3 is 0 Å². The number of hydrogen-bond donors (Lipinski definition) is 2. The summed E-state index contributed by atoms with van der Waals surface area (Å²) in [6, 6.07) is 8.06. The van der Waals surface area contributed by atoms with Crippen LogP contribution in [0.15, 0.2) is 24.3 Å². The lowest BCUT2D eigenvalue weighted by atomic mass is 9.73. The first kappa shape index (κ1) is 14.4. The van der Waals surface area contributed by atoms with Gasteiger partial charge in [-0.05, 0) is 18.9 Å². The SMILES string of the molecule is COc1ccccc1CNCC1(C)CCCCC1O. The normalized spacial score (nSPS) is 27.2. The molecule has 1 aliphatic rings. The maximum absolute atomic E-state index is 10.2. The molecule has 19 heavy (non-hydrogen) atoms. The van der Waals surface area contributed by atoms with Gasteiger partial charge in [0.1, 0.15) is 5.75 Å². The van der Waals surface area contributed by atoms with E-state index in [4.69, 9.17) is 4.74 Å². The van der Waals surface area contributed by atoms with Crippen LogP contribution in [0.4, 0.5) is 0 Å². The Morgan fingerprint density at radius 2 is 2.16 bits per heavy atom. The third-order valence-corrected chi connectivity index (χ3v) is 4.32. The van der Waals surface area contributed by atoms with Gasteiger partial charge in [0.15, 0.2) is 0 Å². The Hall–Kier alpha value is -1.06. The molecule has 1 aliphatic carbocycles. The van der Waals surface area contributed by atoms with Crippen molar-refractivity contribution in [1.29, 1.82) is 0 Å². The van der Waals surface area contributed by atoms with Gasteiger partial charge in [-0.15, -0.1) is 0 Å². The van der Waals surface area contributed by atoms with Gasteiger partial charge in [-0.1, -0.05) is 38.0 Å². The number of methoxy groups -OCH3 is 1. The second-order valence-electron chi connectivity index (χ2n) is 5.83. The maximum Gasteiger partial charge on any atom is 0.123 e. The third kappa shape index (κ3) is 3.48. The molecule has 2 N–H and O–H groups in total. The summed E-state index contributed by atoms with van der Waals surface area (Å²) in [5.41, 5.74) is 1.18. The molecular formula is C16H25NO2. The molecule has 1 saturated carbocycles. The van der Waals surface area contributed by atoms with E-state index in [0.717, 1.165) is 38.1 Å². The molecule has 3 nitrogen and oxygen atoms in total. The van der Waals surface area contributed by atoms with Crippen LogP contribution < -0.4 is 10.1 Å². The molecule has 1 aromatic rings. The highest BCUT2D eigenvalue weighted by molar-refractivity contribution is 5.32. The van der Waals surface area contributed by atoms with Gasteiger partial charge in [0.2, 0.25) is 0 Å². The van der Waals surface area contributed by atoms with Crippen LogP contribution >= 0.6 is 0 Å². The Morgan fingerprint density at radius 1 is 1.37 bits per heavy atom. The summed E-state index contributed by atoms with van der Waals surface area (Å²) in [6.45, 7) is 3.82. The number of para-hydroxylation sites is 1. The van der Waals surface area contributed by atoms with E-state index in [2.05, 4.69) is 18.3 Å². The molecule has 2 atom stereocenters.